The van der Waals surface area contributed by atoms with Gasteiger partial charge in [-0.3, -0.25) is 19.2 Å². The van der Waals surface area contributed by atoms with Gasteiger partial charge >= 0.3 is 5.97 Å². The number of benzene rings is 3. The molecule has 4 N–H and O–H groups in total. The van der Waals surface area contributed by atoms with Crippen LogP contribution >= 0.6 is 0 Å². The van der Waals surface area contributed by atoms with Gasteiger partial charge in [-0.2, -0.15) is 0 Å². The minimum Gasteiger partial charge on any atom is -0.481 e. The molecular formula is C30H35FN4O6S. The first-order valence-corrected chi connectivity index (χ1v) is 15.5. The number of nitrogens with one attached hydrogen (secondary N) is 3. The van der Waals surface area contributed by atoms with Crippen molar-refractivity contribution in [3.05, 3.63) is 84.2 Å². The molecule has 224 valence electrons. The smallest absolute Gasteiger partial charge is 0.303 e. The van der Waals surface area contributed by atoms with E-state index in [1.807, 2.05) is 24.3 Å². The van der Waals surface area contributed by atoms with Crippen molar-refractivity contribution in [2.75, 3.05) is 29.4 Å². The standard InChI is InChI=1S/C30H35FN4O6S/c1-42(39,40)34-24-10-14-27(15-11-24)41-26-12-4-21(5-13-26)20-35-18-16-25(32-17-2-3-29(36)37)19-28(35)30(38)33-23-8-6-22(31)7-9-23/h4-15,25,28,32,34H,2-3,16-20H2,1H3,(H,33,38)(H,36,37). The lowest BCUT2D eigenvalue weighted by Crippen LogP contribution is -2.53. The minimum atomic E-state index is -3.36. The van der Waals surface area contributed by atoms with Crippen molar-refractivity contribution in [2.24, 2.45) is 0 Å². The van der Waals surface area contributed by atoms with Crippen molar-refractivity contribution in [1.29, 1.82) is 0 Å². The Kier molecular flexibility index (Phi) is 10.5. The van der Waals surface area contributed by atoms with Crippen LogP contribution in [0.4, 0.5) is 15.8 Å². The average Bonchev–Trinajstić information content (AvgIpc) is 2.94. The fourth-order valence-electron chi connectivity index (χ4n) is 4.80. The van der Waals surface area contributed by atoms with E-state index in [2.05, 4.69) is 20.3 Å². The van der Waals surface area contributed by atoms with E-state index in [-0.39, 0.29) is 24.2 Å². The number of anilines is 2. The number of sulfonamides is 1. The van der Waals surface area contributed by atoms with Crippen LogP contribution in [0.2, 0.25) is 0 Å². The second-order valence-corrected chi connectivity index (χ2v) is 12.0. The van der Waals surface area contributed by atoms with Crippen LogP contribution in [-0.2, 0) is 26.2 Å². The molecule has 10 nitrogen and oxygen atoms in total. The van der Waals surface area contributed by atoms with Crippen molar-refractivity contribution < 1.29 is 32.2 Å². The van der Waals surface area contributed by atoms with Crippen LogP contribution in [0.15, 0.2) is 72.8 Å². The van der Waals surface area contributed by atoms with Crippen molar-refractivity contribution in [3.8, 4) is 11.5 Å². The SMILES string of the molecule is CS(=O)(=O)Nc1ccc(Oc2ccc(CN3CCC(NCCCC(=O)O)CC3C(=O)Nc3ccc(F)cc3)cc2)cc1. The molecule has 0 aromatic heterocycles. The summed E-state index contributed by atoms with van der Waals surface area (Å²) in [5.74, 6) is -0.243. The number of carbonyl (C=O) groups is 2. The molecule has 1 aliphatic heterocycles. The maximum Gasteiger partial charge on any atom is 0.303 e. The molecule has 1 fully saturated rings. The number of halogens is 1. The first kappa shape index (κ1) is 30.9. The number of piperidine rings is 1. The maximum absolute atomic E-state index is 13.4. The summed E-state index contributed by atoms with van der Waals surface area (Å²) < 4.78 is 44.4. The predicted molar refractivity (Wildman–Crippen MR) is 159 cm³/mol. The molecule has 0 bridgehead atoms. The number of carboxylic acids is 1. The number of carboxylic acid groups (broad SMARTS) is 1. The Morgan fingerprint density at radius 3 is 2.21 bits per heavy atom. The van der Waals surface area contributed by atoms with Crippen molar-refractivity contribution in [2.45, 2.75) is 44.3 Å². The zero-order chi connectivity index (χ0) is 30.1. The molecule has 0 radical (unpaired) electrons. The Hall–Kier alpha value is -4.00. The van der Waals surface area contributed by atoms with Gasteiger partial charge in [0, 0.05) is 36.9 Å². The van der Waals surface area contributed by atoms with Gasteiger partial charge in [-0.1, -0.05) is 12.1 Å². The number of likely N-dealkylation sites (tertiary alicyclic amines) is 1. The van der Waals surface area contributed by atoms with Crippen LogP contribution in [0.3, 0.4) is 0 Å². The molecule has 12 heteroatoms. The zero-order valence-electron chi connectivity index (χ0n) is 23.3. The summed E-state index contributed by atoms with van der Waals surface area (Å²) in [5, 5.41) is 15.2. The first-order chi connectivity index (χ1) is 20.0. The number of rotatable bonds is 13. The Labute approximate surface area is 244 Å². The average molecular weight is 599 g/mol. The lowest BCUT2D eigenvalue weighted by molar-refractivity contribution is -0.137. The quantitative estimate of drug-likeness (QED) is 0.212. The molecule has 1 heterocycles. The number of amides is 1. The van der Waals surface area contributed by atoms with Crippen LogP contribution in [0.25, 0.3) is 0 Å². The second kappa shape index (κ2) is 14.3. The summed E-state index contributed by atoms with van der Waals surface area (Å²) in [6, 6.07) is 19.4. The number of aliphatic carboxylic acids is 1. The molecule has 1 amide bonds. The van der Waals surface area contributed by atoms with Gasteiger partial charge in [0.05, 0.1) is 12.3 Å². The van der Waals surface area contributed by atoms with Crippen molar-refractivity contribution in [3.63, 3.8) is 0 Å². The number of hydrogen-bond acceptors (Lipinski definition) is 7. The van der Waals surface area contributed by atoms with Gasteiger partial charge < -0.3 is 20.5 Å². The summed E-state index contributed by atoms with van der Waals surface area (Å²) in [7, 11) is -3.36. The van der Waals surface area contributed by atoms with Crippen LogP contribution in [0, 0.1) is 5.82 Å². The largest absolute Gasteiger partial charge is 0.481 e. The Balaban J connectivity index is 1.39. The Bertz CT molecular complexity index is 1450. The van der Waals surface area contributed by atoms with Crippen LogP contribution in [-0.4, -0.2) is 61.7 Å². The van der Waals surface area contributed by atoms with Crippen molar-refractivity contribution >= 4 is 33.3 Å². The maximum atomic E-state index is 13.4. The minimum absolute atomic E-state index is 0.0637. The summed E-state index contributed by atoms with van der Waals surface area (Å²) in [6.07, 6.45) is 3.04. The van der Waals surface area contributed by atoms with E-state index in [0.29, 0.717) is 55.3 Å². The molecule has 3 aromatic rings. The van der Waals surface area contributed by atoms with Crippen LogP contribution < -0.4 is 20.1 Å². The number of hydrogen-bond donors (Lipinski definition) is 4. The lowest BCUT2D eigenvalue weighted by Gasteiger charge is -2.39. The topological polar surface area (TPSA) is 137 Å². The number of carbonyl (C=O) groups excluding carboxylic acids is 1. The van der Waals surface area contributed by atoms with E-state index in [4.69, 9.17) is 9.84 Å². The normalized spacial score (nSPS) is 17.4. The van der Waals surface area contributed by atoms with Gasteiger partial charge in [-0.05, 0) is 92.0 Å². The molecule has 2 atom stereocenters. The third-order valence-electron chi connectivity index (χ3n) is 6.83. The lowest BCUT2D eigenvalue weighted by atomic mass is 9.95. The van der Waals surface area contributed by atoms with Gasteiger partial charge in [0.1, 0.15) is 17.3 Å². The highest BCUT2D eigenvalue weighted by atomic mass is 32.2. The van der Waals surface area contributed by atoms with Crippen LogP contribution in [0.1, 0.15) is 31.2 Å². The van der Waals surface area contributed by atoms with Crippen molar-refractivity contribution in [1.82, 2.24) is 10.2 Å². The Morgan fingerprint density at radius 2 is 1.60 bits per heavy atom. The molecule has 4 rings (SSSR count). The monoisotopic (exact) mass is 598 g/mol. The van der Waals surface area contributed by atoms with Gasteiger partial charge in [-0.25, -0.2) is 12.8 Å². The molecule has 0 saturated carbocycles. The fraction of sp³-hybridized carbons (Fsp3) is 0.333. The molecule has 2 unspecified atom stereocenters. The van der Waals surface area contributed by atoms with E-state index in [1.54, 1.807) is 24.3 Å². The van der Waals surface area contributed by atoms with E-state index in [0.717, 1.165) is 18.2 Å². The highest BCUT2D eigenvalue weighted by Gasteiger charge is 2.33. The highest BCUT2D eigenvalue weighted by molar-refractivity contribution is 7.92. The third kappa shape index (κ3) is 9.82. The zero-order valence-corrected chi connectivity index (χ0v) is 24.1. The molecule has 1 saturated heterocycles. The number of nitrogens with zero attached hydrogens (tertiary/aromatic N) is 1. The van der Waals surface area contributed by atoms with Gasteiger partial charge in [0.15, 0.2) is 0 Å². The van der Waals surface area contributed by atoms with Crippen LogP contribution in [0.5, 0.6) is 11.5 Å². The third-order valence-corrected chi connectivity index (χ3v) is 7.44. The summed E-state index contributed by atoms with van der Waals surface area (Å²) in [4.78, 5) is 26.3. The van der Waals surface area contributed by atoms with Gasteiger partial charge in [-0.15, -0.1) is 0 Å². The highest BCUT2D eigenvalue weighted by Crippen LogP contribution is 2.26. The molecule has 42 heavy (non-hydrogen) atoms. The summed E-state index contributed by atoms with van der Waals surface area (Å²) in [6.45, 7) is 1.74. The molecule has 1 aliphatic rings. The molecule has 3 aromatic carbocycles. The van der Waals surface area contributed by atoms with E-state index in [1.165, 1.54) is 24.3 Å². The summed E-state index contributed by atoms with van der Waals surface area (Å²) in [5.41, 5.74) is 1.94. The fourth-order valence-corrected chi connectivity index (χ4v) is 5.37. The predicted octanol–water partition coefficient (Wildman–Crippen LogP) is 4.42. The number of ether oxygens (including phenoxy) is 1. The van der Waals surface area contributed by atoms with E-state index >= 15 is 0 Å². The molecular weight excluding hydrogens is 563 g/mol. The Morgan fingerprint density at radius 1 is 0.976 bits per heavy atom. The summed E-state index contributed by atoms with van der Waals surface area (Å²) >= 11 is 0. The second-order valence-electron chi connectivity index (χ2n) is 10.3. The first-order valence-electron chi connectivity index (χ1n) is 13.6. The van der Waals surface area contributed by atoms with E-state index < -0.39 is 22.0 Å². The van der Waals surface area contributed by atoms with E-state index in [9.17, 15) is 22.4 Å². The van der Waals surface area contributed by atoms with Gasteiger partial charge in [0.25, 0.3) is 0 Å². The molecule has 0 spiro atoms. The molecule has 0 aliphatic carbocycles. The van der Waals surface area contributed by atoms with Gasteiger partial charge in [0.2, 0.25) is 15.9 Å².